The first-order valence-corrected chi connectivity index (χ1v) is 7.71. The lowest BCUT2D eigenvalue weighted by Gasteiger charge is -2.20. The first-order valence-electron chi connectivity index (χ1n) is 7.71. The van der Waals surface area contributed by atoms with E-state index in [1.54, 1.807) is 0 Å². The molecule has 0 spiro atoms. The largest absolute Gasteiger partial charge is 0.493 e. The first kappa shape index (κ1) is 17.0. The molecule has 0 aromatic heterocycles. The molecule has 0 saturated heterocycles. The Hall–Kier alpha value is -1.02. The zero-order chi connectivity index (χ0) is 15.2. The van der Waals surface area contributed by atoms with E-state index in [1.807, 2.05) is 0 Å². The summed E-state index contributed by atoms with van der Waals surface area (Å²) in [6, 6.07) is 6.39. The summed E-state index contributed by atoms with van der Waals surface area (Å²) < 4.78 is 6.06. The van der Waals surface area contributed by atoms with Gasteiger partial charge in [-0.3, -0.25) is 0 Å². The van der Waals surface area contributed by atoms with E-state index in [0.29, 0.717) is 11.3 Å². The SMILES string of the molecule is Cc1cccc(CNCC(C)C)c1OCCC(C)(C)C. The van der Waals surface area contributed by atoms with Crippen molar-refractivity contribution in [1.82, 2.24) is 5.32 Å². The van der Waals surface area contributed by atoms with E-state index < -0.39 is 0 Å². The van der Waals surface area contributed by atoms with Crippen LogP contribution in [0.2, 0.25) is 0 Å². The quantitative estimate of drug-likeness (QED) is 0.789. The second-order valence-corrected chi connectivity index (χ2v) is 7.25. The Balaban J connectivity index is 2.63. The van der Waals surface area contributed by atoms with E-state index in [1.165, 1.54) is 11.1 Å². The fraction of sp³-hybridized carbons (Fsp3) is 0.667. The second-order valence-electron chi connectivity index (χ2n) is 7.25. The molecule has 2 nitrogen and oxygen atoms in total. The lowest BCUT2D eigenvalue weighted by atomic mass is 9.93. The minimum Gasteiger partial charge on any atom is -0.493 e. The maximum Gasteiger partial charge on any atom is 0.126 e. The average Bonchev–Trinajstić information content (AvgIpc) is 2.30. The van der Waals surface area contributed by atoms with E-state index in [9.17, 15) is 0 Å². The minimum absolute atomic E-state index is 0.318. The van der Waals surface area contributed by atoms with Gasteiger partial charge < -0.3 is 10.1 Å². The van der Waals surface area contributed by atoms with E-state index in [-0.39, 0.29) is 0 Å². The Bertz CT molecular complexity index is 404. The van der Waals surface area contributed by atoms with Gasteiger partial charge in [-0.25, -0.2) is 0 Å². The summed E-state index contributed by atoms with van der Waals surface area (Å²) in [6.45, 7) is 16.0. The van der Waals surface area contributed by atoms with E-state index in [0.717, 1.165) is 31.9 Å². The second kappa shape index (κ2) is 7.68. The van der Waals surface area contributed by atoms with Crippen molar-refractivity contribution < 1.29 is 4.74 Å². The summed E-state index contributed by atoms with van der Waals surface area (Å²) in [6.07, 6.45) is 1.07. The maximum atomic E-state index is 6.06. The normalized spacial score (nSPS) is 11.9. The van der Waals surface area contributed by atoms with Crippen LogP contribution in [0.4, 0.5) is 0 Å². The standard InChI is InChI=1S/C18H31NO/c1-14(2)12-19-13-16-9-7-8-15(3)17(16)20-11-10-18(4,5)6/h7-9,14,19H,10-13H2,1-6H3. The summed E-state index contributed by atoms with van der Waals surface area (Å²) in [4.78, 5) is 0. The third-order valence-electron chi connectivity index (χ3n) is 3.26. The van der Waals surface area contributed by atoms with Gasteiger partial charge in [-0.1, -0.05) is 52.8 Å². The van der Waals surface area contributed by atoms with Crippen LogP contribution in [0.25, 0.3) is 0 Å². The number of hydrogen-bond donors (Lipinski definition) is 1. The van der Waals surface area contributed by atoms with Gasteiger partial charge in [0, 0.05) is 12.1 Å². The van der Waals surface area contributed by atoms with Crippen LogP contribution in [0, 0.1) is 18.3 Å². The van der Waals surface area contributed by atoms with Crippen LogP contribution in [-0.4, -0.2) is 13.2 Å². The molecule has 1 N–H and O–H groups in total. The van der Waals surface area contributed by atoms with Crippen LogP contribution in [0.3, 0.4) is 0 Å². The van der Waals surface area contributed by atoms with Crippen molar-refractivity contribution >= 4 is 0 Å². The van der Waals surface area contributed by atoms with E-state index in [2.05, 4.69) is 65.1 Å². The van der Waals surface area contributed by atoms with Crippen molar-refractivity contribution in [3.8, 4) is 5.75 Å². The summed E-state index contributed by atoms with van der Waals surface area (Å²) in [5.41, 5.74) is 2.81. The summed E-state index contributed by atoms with van der Waals surface area (Å²) in [5, 5.41) is 3.50. The van der Waals surface area contributed by atoms with Gasteiger partial charge in [-0.05, 0) is 36.8 Å². The summed E-state index contributed by atoms with van der Waals surface area (Å²) in [5.74, 6) is 1.73. The zero-order valence-corrected chi connectivity index (χ0v) is 14.0. The van der Waals surface area contributed by atoms with Gasteiger partial charge in [0.15, 0.2) is 0 Å². The molecule has 0 aliphatic heterocycles. The van der Waals surface area contributed by atoms with Crippen LogP contribution in [0.15, 0.2) is 18.2 Å². The van der Waals surface area contributed by atoms with Crippen molar-refractivity contribution in [3.63, 3.8) is 0 Å². The smallest absolute Gasteiger partial charge is 0.126 e. The zero-order valence-electron chi connectivity index (χ0n) is 14.0. The van der Waals surface area contributed by atoms with Gasteiger partial charge in [-0.2, -0.15) is 0 Å². The Morgan fingerprint density at radius 1 is 1.20 bits per heavy atom. The Labute approximate surface area is 124 Å². The fourth-order valence-corrected chi connectivity index (χ4v) is 2.01. The van der Waals surface area contributed by atoms with Crippen LogP contribution in [0.5, 0.6) is 5.75 Å². The highest BCUT2D eigenvalue weighted by atomic mass is 16.5. The predicted molar refractivity (Wildman–Crippen MR) is 87.3 cm³/mol. The molecular weight excluding hydrogens is 246 g/mol. The number of para-hydroxylation sites is 1. The van der Waals surface area contributed by atoms with Gasteiger partial charge in [0.1, 0.15) is 5.75 Å². The van der Waals surface area contributed by atoms with Crippen molar-refractivity contribution in [2.24, 2.45) is 11.3 Å². The van der Waals surface area contributed by atoms with Gasteiger partial charge in [0.05, 0.1) is 6.61 Å². The average molecular weight is 277 g/mol. The highest BCUT2D eigenvalue weighted by Gasteiger charge is 2.12. The molecule has 0 unspecified atom stereocenters. The molecule has 0 atom stereocenters. The predicted octanol–water partition coefficient (Wildman–Crippen LogP) is 4.56. The number of nitrogens with one attached hydrogen (secondary N) is 1. The Morgan fingerprint density at radius 3 is 2.50 bits per heavy atom. The minimum atomic E-state index is 0.318. The highest BCUT2D eigenvalue weighted by Crippen LogP contribution is 2.25. The van der Waals surface area contributed by atoms with Gasteiger partial charge >= 0.3 is 0 Å². The molecule has 1 aromatic rings. The monoisotopic (exact) mass is 277 g/mol. The first-order chi connectivity index (χ1) is 9.29. The Morgan fingerprint density at radius 2 is 1.90 bits per heavy atom. The molecule has 0 amide bonds. The molecule has 0 heterocycles. The Kier molecular flexibility index (Phi) is 6.54. The van der Waals surface area contributed by atoms with Crippen LogP contribution in [0.1, 0.15) is 52.2 Å². The maximum absolute atomic E-state index is 6.06. The highest BCUT2D eigenvalue weighted by molar-refractivity contribution is 5.40. The fourth-order valence-electron chi connectivity index (χ4n) is 2.01. The summed E-state index contributed by atoms with van der Waals surface area (Å²) >= 11 is 0. The lowest BCUT2D eigenvalue weighted by molar-refractivity contribution is 0.240. The third kappa shape index (κ3) is 6.42. The van der Waals surface area contributed by atoms with Crippen LogP contribution in [-0.2, 0) is 6.54 Å². The van der Waals surface area contributed by atoms with Crippen molar-refractivity contribution in [2.75, 3.05) is 13.2 Å². The molecule has 0 fully saturated rings. The number of rotatable bonds is 7. The number of benzene rings is 1. The van der Waals surface area contributed by atoms with E-state index >= 15 is 0 Å². The summed E-state index contributed by atoms with van der Waals surface area (Å²) in [7, 11) is 0. The van der Waals surface area contributed by atoms with Gasteiger partial charge in [0.2, 0.25) is 0 Å². The molecule has 0 aliphatic rings. The third-order valence-corrected chi connectivity index (χ3v) is 3.26. The molecule has 1 aromatic carbocycles. The molecule has 0 aliphatic carbocycles. The van der Waals surface area contributed by atoms with Gasteiger partial charge in [-0.15, -0.1) is 0 Å². The molecular formula is C18H31NO. The van der Waals surface area contributed by atoms with E-state index in [4.69, 9.17) is 4.74 Å². The number of ether oxygens (including phenoxy) is 1. The van der Waals surface area contributed by atoms with Crippen molar-refractivity contribution in [2.45, 2.75) is 54.5 Å². The molecule has 0 bridgehead atoms. The van der Waals surface area contributed by atoms with Crippen LogP contribution < -0.4 is 10.1 Å². The molecule has 1 rings (SSSR count). The van der Waals surface area contributed by atoms with Gasteiger partial charge in [0.25, 0.3) is 0 Å². The molecule has 20 heavy (non-hydrogen) atoms. The van der Waals surface area contributed by atoms with Crippen molar-refractivity contribution in [1.29, 1.82) is 0 Å². The molecule has 0 saturated carbocycles. The topological polar surface area (TPSA) is 21.3 Å². The molecule has 114 valence electrons. The lowest BCUT2D eigenvalue weighted by Crippen LogP contribution is -2.20. The molecule has 0 radical (unpaired) electrons. The molecule has 2 heteroatoms. The number of aryl methyl sites for hydroxylation is 1. The van der Waals surface area contributed by atoms with Crippen molar-refractivity contribution in [3.05, 3.63) is 29.3 Å². The van der Waals surface area contributed by atoms with Crippen LogP contribution >= 0.6 is 0 Å². The number of hydrogen-bond acceptors (Lipinski definition) is 2.